The van der Waals surface area contributed by atoms with Crippen molar-refractivity contribution < 1.29 is 9.90 Å². The highest BCUT2D eigenvalue weighted by Gasteiger charge is 2.20. The van der Waals surface area contributed by atoms with E-state index in [0.717, 1.165) is 24.8 Å². The van der Waals surface area contributed by atoms with Gasteiger partial charge in [-0.1, -0.05) is 13.3 Å². The van der Waals surface area contributed by atoms with Crippen LogP contribution in [0.3, 0.4) is 0 Å². The molecule has 0 fully saturated rings. The first kappa shape index (κ1) is 13.2. The molecule has 0 atom stereocenters. The van der Waals surface area contributed by atoms with Crippen LogP contribution in [-0.2, 0) is 19.4 Å². The van der Waals surface area contributed by atoms with Gasteiger partial charge in [-0.3, -0.25) is 0 Å². The maximum Gasteiger partial charge on any atom is 0.335 e. The topological polar surface area (TPSA) is 42.2 Å². The molecule has 1 aliphatic rings. The minimum absolute atomic E-state index is 0.401. The number of benzene rings is 1. The predicted octanol–water partition coefficient (Wildman–Crippen LogP) is 4.02. The van der Waals surface area contributed by atoms with E-state index in [9.17, 15) is 9.90 Å². The SMILES string of the molecule is CCCCn1c2c(c3cc(C(=O)O)ccc31)CCCC2. The van der Waals surface area contributed by atoms with Gasteiger partial charge in [-0.2, -0.15) is 0 Å². The van der Waals surface area contributed by atoms with E-state index in [1.807, 2.05) is 12.1 Å². The molecule has 3 rings (SSSR count). The number of carbonyl (C=O) groups is 1. The largest absolute Gasteiger partial charge is 0.478 e. The molecular weight excluding hydrogens is 250 g/mol. The third-order valence-corrected chi connectivity index (χ3v) is 4.36. The Bertz CT molecular complexity index is 655. The zero-order chi connectivity index (χ0) is 14.1. The number of aryl methyl sites for hydroxylation is 2. The molecule has 0 saturated carbocycles. The Morgan fingerprint density at radius 1 is 1.30 bits per heavy atom. The summed E-state index contributed by atoms with van der Waals surface area (Å²) in [5.74, 6) is -0.835. The van der Waals surface area contributed by atoms with Crippen LogP contribution in [0.4, 0.5) is 0 Å². The van der Waals surface area contributed by atoms with Crippen molar-refractivity contribution >= 4 is 16.9 Å². The van der Waals surface area contributed by atoms with Crippen LogP contribution in [0, 0.1) is 0 Å². The molecule has 106 valence electrons. The number of hydrogen-bond donors (Lipinski definition) is 1. The van der Waals surface area contributed by atoms with Gasteiger partial charge in [0.15, 0.2) is 0 Å². The molecule has 1 aromatic carbocycles. The molecule has 0 aliphatic heterocycles. The van der Waals surface area contributed by atoms with E-state index < -0.39 is 5.97 Å². The number of carboxylic acids is 1. The van der Waals surface area contributed by atoms with Gasteiger partial charge in [-0.15, -0.1) is 0 Å². The number of aromatic carboxylic acids is 1. The highest BCUT2D eigenvalue weighted by molar-refractivity contribution is 5.95. The van der Waals surface area contributed by atoms with Gasteiger partial charge in [-0.25, -0.2) is 4.79 Å². The molecule has 1 aromatic heterocycles. The van der Waals surface area contributed by atoms with Crippen LogP contribution in [0.15, 0.2) is 18.2 Å². The fourth-order valence-electron chi connectivity index (χ4n) is 3.34. The molecule has 0 spiro atoms. The lowest BCUT2D eigenvalue weighted by molar-refractivity contribution is 0.0697. The quantitative estimate of drug-likeness (QED) is 0.912. The molecule has 20 heavy (non-hydrogen) atoms. The van der Waals surface area contributed by atoms with Crippen molar-refractivity contribution in [2.45, 2.75) is 52.0 Å². The van der Waals surface area contributed by atoms with Gasteiger partial charge in [0.1, 0.15) is 0 Å². The van der Waals surface area contributed by atoms with E-state index in [1.54, 1.807) is 6.07 Å². The second kappa shape index (κ2) is 5.31. The van der Waals surface area contributed by atoms with E-state index in [0.29, 0.717) is 5.56 Å². The van der Waals surface area contributed by atoms with Crippen LogP contribution in [-0.4, -0.2) is 15.6 Å². The second-order valence-electron chi connectivity index (χ2n) is 5.67. The Morgan fingerprint density at radius 2 is 2.10 bits per heavy atom. The Hall–Kier alpha value is -1.77. The fraction of sp³-hybridized carbons (Fsp3) is 0.471. The monoisotopic (exact) mass is 271 g/mol. The molecule has 3 nitrogen and oxygen atoms in total. The van der Waals surface area contributed by atoms with Gasteiger partial charge >= 0.3 is 5.97 Å². The molecule has 0 unspecified atom stereocenters. The van der Waals surface area contributed by atoms with Gasteiger partial charge in [0.25, 0.3) is 0 Å². The van der Waals surface area contributed by atoms with Gasteiger partial charge in [0, 0.05) is 23.1 Å². The van der Waals surface area contributed by atoms with Gasteiger partial charge in [-0.05, 0) is 55.9 Å². The Morgan fingerprint density at radius 3 is 2.85 bits per heavy atom. The molecule has 0 radical (unpaired) electrons. The highest BCUT2D eigenvalue weighted by atomic mass is 16.4. The molecule has 1 N–H and O–H groups in total. The first-order valence-corrected chi connectivity index (χ1v) is 7.59. The summed E-state index contributed by atoms with van der Waals surface area (Å²) in [4.78, 5) is 11.2. The average Bonchev–Trinajstić information content (AvgIpc) is 2.78. The summed E-state index contributed by atoms with van der Waals surface area (Å²) in [6.45, 7) is 3.26. The molecule has 1 heterocycles. The van der Waals surface area contributed by atoms with E-state index >= 15 is 0 Å². The molecule has 0 bridgehead atoms. The third-order valence-electron chi connectivity index (χ3n) is 4.36. The van der Waals surface area contributed by atoms with E-state index in [4.69, 9.17) is 0 Å². The number of unbranched alkanes of at least 4 members (excludes halogenated alkanes) is 1. The number of carboxylic acid groups (broad SMARTS) is 1. The maximum absolute atomic E-state index is 11.2. The van der Waals surface area contributed by atoms with Crippen molar-refractivity contribution in [1.29, 1.82) is 0 Å². The molecule has 3 heteroatoms. The average molecular weight is 271 g/mol. The predicted molar refractivity (Wildman–Crippen MR) is 80.4 cm³/mol. The van der Waals surface area contributed by atoms with Crippen LogP contribution in [0.1, 0.15) is 54.2 Å². The van der Waals surface area contributed by atoms with Crippen LogP contribution in [0.5, 0.6) is 0 Å². The first-order valence-electron chi connectivity index (χ1n) is 7.59. The summed E-state index contributed by atoms with van der Waals surface area (Å²) in [5, 5.41) is 10.4. The van der Waals surface area contributed by atoms with Gasteiger partial charge in [0.2, 0.25) is 0 Å². The van der Waals surface area contributed by atoms with Crippen molar-refractivity contribution in [3.8, 4) is 0 Å². The number of hydrogen-bond acceptors (Lipinski definition) is 1. The molecular formula is C17H21NO2. The van der Waals surface area contributed by atoms with Crippen LogP contribution in [0.25, 0.3) is 10.9 Å². The van der Waals surface area contributed by atoms with Crippen LogP contribution >= 0.6 is 0 Å². The summed E-state index contributed by atoms with van der Waals surface area (Å²) in [5.41, 5.74) is 4.46. The minimum Gasteiger partial charge on any atom is -0.478 e. The molecule has 0 saturated heterocycles. The van der Waals surface area contributed by atoms with Gasteiger partial charge < -0.3 is 9.67 Å². The van der Waals surface area contributed by atoms with Crippen molar-refractivity contribution in [2.75, 3.05) is 0 Å². The number of aromatic nitrogens is 1. The summed E-state index contributed by atoms with van der Waals surface area (Å²) in [7, 11) is 0. The Balaban J connectivity index is 2.19. The number of fused-ring (bicyclic) bond motifs is 3. The summed E-state index contributed by atoms with van der Waals surface area (Å²) in [6.07, 6.45) is 7.06. The van der Waals surface area contributed by atoms with Crippen molar-refractivity contribution in [3.05, 3.63) is 35.0 Å². The molecule has 2 aromatic rings. The standard InChI is InChI=1S/C17H21NO2/c1-2-3-10-18-15-7-5-4-6-13(15)14-11-12(17(19)20)8-9-16(14)18/h8-9,11H,2-7,10H2,1H3,(H,19,20). The van der Waals surface area contributed by atoms with E-state index in [-0.39, 0.29) is 0 Å². The lowest BCUT2D eigenvalue weighted by atomic mass is 9.95. The first-order chi connectivity index (χ1) is 9.72. The van der Waals surface area contributed by atoms with Crippen molar-refractivity contribution in [1.82, 2.24) is 4.57 Å². The highest BCUT2D eigenvalue weighted by Crippen LogP contribution is 2.33. The zero-order valence-corrected chi connectivity index (χ0v) is 12.0. The molecule has 1 aliphatic carbocycles. The lowest BCUT2D eigenvalue weighted by Crippen LogP contribution is -2.08. The lowest BCUT2D eigenvalue weighted by Gasteiger charge is -2.15. The summed E-state index contributed by atoms with van der Waals surface area (Å²) >= 11 is 0. The van der Waals surface area contributed by atoms with Gasteiger partial charge in [0.05, 0.1) is 5.56 Å². The van der Waals surface area contributed by atoms with Crippen molar-refractivity contribution in [2.24, 2.45) is 0 Å². The van der Waals surface area contributed by atoms with E-state index in [2.05, 4.69) is 11.5 Å². The normalized spacial score (nSPS) is 14.4. The number of rotatable bonds is 4. The minimum atomic E-state index is -0.835. The number of nitrogens with zero attached hydrogens (tertiary/aromatic N) is 1. The van der Waals surface area contributed by atoms with Crippen molar-refractivity contribution in [3.63, 3.8) is 0 Å². The summed E-state index contributed by atoms with van der Waals surface area (Å²) in [6, 6.07) is 5.59. The second-order valence-corrected chi connectivity index (χ2v) is 5.67. The fourth-order valence-corrected chi connectivity index (χ4v) is 3.34. The maximum atomic E-state index is 11.2. The van der Waals surface area contributed by atoms with E-state index in [1.165, 1.54) is 42.5 Å². The Labute approximate surface area is 119 Å². The third kappa shape index (κ3) is 2.11. The van der Waals surface area contributed by atoms with Crippen LogP contribution < -0.4 is 0 Å². The summed E-state index contributed by atoms with van der Waals surface area (Å²) < 4.78 is 2.43. The Kier molecular flexibility index (Phi) is 3.51. The molecule has 0 amide bonds. The zero-order valence-electron chi connectivity index (χ0n) is 12.0. The van der Waals surface area contributed by atoms with Crippen LogP contribution in [0.2, 0.25) is 0 Å². The smallest absolute Gasteiger partial charge is 0.335 e.